The van der Waals surface area contributed by atoms with Gasteiger partial charge in [-0.3, -0.25) is 10.1 Å². The summed E-state index contributed by atoms with van der Waals surface area (Å²) in [6, 6.07) is 7.61. The molecule has 150 valence electrons. The highest BCUT2D eigenvalue weighted by molar-refractivity contribution is 5.95. The predicted octanol–water partition coefficient (Wildman–Crippen LogP) is 3.16. The molecule has 3 rings (SSSR count). The van der Waals surface area contributed by atoms with Crippen molar-refractivity contribution in [2.45, 2.75) is 6.61 Å². The summed E-state index contributed by atoms with van der Waals surface area (Å²) < 4.78 is 33.1. The van der Waals surface area contributed by atoms with Crippen LogP contribution in [0.25, 0.3) is 11.4 Å². The summed E-state index contributed by atoms with van der Waals surface area (Å²) in [4.78, 5) is 27.0. The summed E-state index contributed by atoms with van der Waals surface area (Å²) in [5.41, 5.74) is -0.334. The third-order valence-electron chi connectivity index (χ3n) is 3.82. The zero-order valence-corrected chi connectivity index (χ0v) is 15.2. The molecule has 0 N–H and O–H groups in total. The zero-order chi connectivity index (χ0) is 21.0. The normalized spacial score (nSPS) is 10.4. The second-order valence-electron chi connectivity index (χ2n) is 5.58. The van der Waals surface area contributed by atoms with Crippen LogP contribution < -0.4 is 9.47 Å². The van der Waals surface area contributed by atoms with E-state index < -0.39 is 29.0 Å². The van der Waals surface area contributed by atoms with Crippen LogP contribution in [-0.2, 0) is 11.3 Å². The Labute approximate surface area is 163 Å². The van der Waals surface area contributed by atoms with Crippen molar-refractivity contribution in [2.24, 2.45) is 0 Å². The molecular weight excluding hydrogens is 389 g/mol. The van der Waals surface area contributed by atoms with Gasteiger partial charge in [-0.1, -0.05) is 5.16 Å². The minimum absolute atomic E-state index is 0.0409. The molecule has 0 saturated heterocycles. The topological polar surface area (TPSA) is 127 Å². The van der Waals surface area contributed by atoms with E-state index in [0.29, 0.717) is 5.56 Å². The fourth-order valence-electron chi connectivity index (χ4n) is 2.42. The molecule has 11 heteroatoms. The van der Waals surface area contributed by atoms with Crippen molar-refractivity contribution in [2.75, 3.05) is 14.2 Å². The van der Waals surface area contributed by atoms with Gasteiger partial charge in [0.25, 0.3) is 11.6 Å². The number of carbonyl (C=O) groups excluding carboxylic acids is 1. The number of aromatic nitrogens is 2. The molecule has 0 atom stereocenters. The Hall–Kier alpha value is -4.02. The van der Waals surface area contributed by atoms with E-state index in [4.69, 9.17) is 18.7 Å². The number of nitro benzene ring substituents is 1. The molecule has 0 aliphatic carbocycles. The van der Waals surface area contributed by atoms with Gasteiger partial charge in [-0.05, 0) is 24.3 Å². The Morgan fingerprint density at radius 2 is 1.83 bits per heavy atom. The molecule has 3 aromatic rings. The lowest BCUT2D eigenvalue weighted by atomic mass is 10.1. The van der Waals surface area contributed by atoms with Crippen molar-refractivity contribution < 1.29 is 32.8 Å². The lowest BCUT2D eigenvalue weighted by molar-refractivity contribution is -0.385. The Morgan fingerprint density at radius 1 is 1.17 bits per heavy atom. The van der Waals surface area contributed by atoms with Gasteiger partial charge in [-0.25, -0.2) is 9.18 Å². The number of benzene rings is 2. The van der Waals surface area contributed by atoms with E-state index >= 15 is 0 Å². The van der Waals surface area contributed by atoms with Crippen LogP contribution in [0.1, 0.15) is 16.2 Å². The zero-order valence-electron chi connectivity index (χ0n) is 15.2. The maximum absolute atomic E-state index is 13.0. The molecule has 0 fully saturated rings. The van der Waals surface area contributed by atoms with Crippen LogP contribution in [0.5, 0.6) is 11.5 Å². The SMILES string of the molecule is COc1cc(C(=O)OCc2nc(-c3ccc(F)cc3)no2)c([N+](=O)[O-])cc1OC. The number of hydrogen-bond donors (Lipinski definition) is 0. The summed E-state index contributed by atoms with van der Waals surface area (Å²) in [6.45, 7) is -0.418. The van der Waals surface area contributed by atoms with Gasteiger partial charge in [0.15, 0.2) is 18.1 Å². The van der Waals surface area contributed by atoms with Crippen molar-refractivity contribution in [3.05, 3.63) is 63.8 Å². The molecular formula is C18H14FN3O7. The van der Waals surface area contributed by atoms with Crippen molar-refractivity contribution in [3.8, 4) is 22.9 Å². The van der Waals surface area contributed by atoms with Crippen LogP contribution in [0.4, 0.5) is 10.1 Å². The van der Waals surface area contributed by atoms with Crippen LogP contribution in [0.2, 0.25) is 0 Å². The number of nitrogens with zero attached hydrogens (tertiary/aromatic N) is 3. The predicted molar refractivity (Wildman–Crippen MR) is 95.0 cm³/mol. The molecule has 1 aromatic heterocycles. The highest BCUT2D eigenvalue weighted by atomic mass is 19.1. The lowest BCUT2D eigenvalue weighted by Gasteiger charge is -2.10. The largest absolute Gasteiger partial charge is 0.493 e. The average molecular weight is 403 g/mol. The molecule has 0 unspecified atom stereocenters. The number of esters is 1. The van der Waals surface area contributed by atoms with Crippen LogP contribution in [0, 0.1) is 15.9 Å². The molecule has 0 radical (unpaired) electrons. The number of halogens is 1. The van der Waals surface area contributed by atoms with Gasteiger partial charge in [-0.2, -0.15) is 4.98 Å². The van der Waals surface area contributed by atoms with Crippen LogP contribution >= 0.6 is 0 Å². The van der Waals surface area contributed by atoms with Gasteiger partial charge in [0, 0.05) is 11.6 Å². The van der Waals surface area contributed by atoms with Crippen molar-refractivity contribution >= 4 is 11.7 Å². The minimum Gasteiger partial charge on any atom is -0.493 e. The van der Waals surface area contributed by atoms with Gasteiger partial charge in [0.1, 0.15) is 11.4 Å². The molecule has 0 bridgehead atoms. The number of methoxy groups -OCH3 is 2. The monoisotopic (exact) mass is 403 g/mol. The van der Waals surface area contributed by atoms with Crippen LogP contribution in [0.15, 0.2) is 40.9 Å². The first-order valence-corrected chi connectivity index (χ1v) is 8.09. The minimum atomic E-state index is -0.987. The number of carbonyl (C=O) groups is 1. The molecule has 0 aliphatic rings. The Morgan fingerprint density at radius 3 is 2.45 bits per heavy atom. The quantitative estimate of drug-likeness (QED) is 0.332. The number of hydrogen-bond acceptors (Lipinski definition) is 9. The van der Waals surface area contributed by atoms with Gasteiger partial charge in [0.05, 0.1) is 25.2 Å². The van der Waals surface area contributed by atoms with Crippen LogP contribution in [-0.4, -0.2) is 35.3 Å². The molecule has 29 heavy (non-hydrogen) atoms. The fourth-order valence-corrected chi connectivity index (χ4v) is 2.42. The first-order chi connectivity index (χ1) is 13.9. The Balaban J connectivity index is 1.77. The third kappa shape index (κ3) is 4.29. The van der Waals surface area contributed by atoms with Gasteiger partial charge in [-0.15, -0.1) is 0 Å². The van der Waals surface area contributed by atoms with E-state index in [1.165, 1.54) is 38.5 Å². The molecule has 1 heterocycles. The average Bonchev–Trinajstić information content (AvgIpc) is 3.20. The highest BCUT2D eigenvalue weighted by Gasteiger charge is 2.26. The van der Waals surface area contributed by atoms with E-state index in [2.05, 4.69) is 10.1 Å². The summed E-state index contributed by atoms with van der Waals surface area (Å²) in [6.07, 6.45) is 0. The maximum atomic E-state index is 13.0. The number of nitro groups is 1. The molecule has 10 nitrogen and oxygen atoms in total. The molecule has 0 aliphatic heterocycles. The van der Waals surface area contributed by atoms with E-state index in [-0.39, 0.29) is 28.8 Å². The summed E-state index contributed by atoms with van der Waals surface area (Å²) in [5, 5.41) is 15.0. The molecule has 0 amide bonds. The van der Waals surface area contributed by atoms with Crippen LogP contribution in [0.3, 0.4) is 0 Å². The van der Waals surface area contributed by atoms with E-state index in [1.54, 1.807) is 0 Å². The molecule has 2 aromatic carbocycles. The summed E-state index contributed by atoms with van der Waals surface area (Å²) >= 11 is 0. The summed E-state index contributed by atoms with van der Waals surface area (Å²) in [7, 11) is 2.64. The lowest BCUT2D eigenvalue weighted by Crippen LogP contribution is -2.09. The van der Waals surface area contributed by atoms with E-state index in [9.17, 15) is 19.3 Å². The van der Waals surface area contributed by atoms with Crippen molar-refractivity contribution in [1.82, 2.24) is 10.1 Å². The molecule has 0 saturated carbocycles. The van der Waals surface area contributed by atoms with Gasteiger partial charge < -0.3 is 18.7 Å². The standard InChI is InChI=1S/C18H14FN3O7/c1-26-14-7-12(13(22(24)25)8-15(14)27-2)18(23)28-9-16-20-17(21-29-16)10-3-5-11(19)6-4-10/h3-8H,9H2,1-2H3. The number of rotatable bonds is 7. The van der Waals surface area contributed by atoms with Crippen molar-refractivity contribution in [1.29, 1.82) is 0 Å². The van der Waals surface area contributed by atoms with Gasteiger partial charge in [0.2, 0.25) is 5.82 Å². The second kappa shape index (κ2) is 8.33. The van der Waals surface area contributed by atoms with Gasteiger partial charge >= 0.3 is 5.97 Å². The second-order valence-corrected chi connectivity index (χ2v) is 5.58. The Kier molecular flexibility index (Phi) is 5.67. The smallest absolute Gasteiger partial charge is 0.345 e. The Bertz CT molecular complexity index is 1050. The van der Waals surface area contributed by atoms with Crippen molar-refractivity contribution in [3.63, 3.8) is 0 Å². The maximum Gasteiger partial charge on any atom is 0.345 e. The first-order valence-electron chi connectivity index (χ1n) is 8.09. The first kappa shape index (κ1) is 19.7. The van der Waals surface area contributed by atoms with E-state index in [0.717, 1.165) is 12.1 Å². The molecule has 0 spiro atoms. The highest BCUT2D eigenvalue weighted by Crippen LogP contribution is 2.34. The van der Waals surface area contributed by atoms with E-state index in [1.807, 2.05) is 0 Å². The fraction of sp³-hybridized carbons (Fsp3) is 0.167. The third-order valence-corrected chi connectivity index (χ3v) is 3.82. The summed E-state index contributed by atoms with van der Waals surface area (Å²) in [5.74, 6) is -1.05. The number of ether oxygens (including phenoxy) is 3.